The number of ether oxygens (including phenoxy) is 2. The first-order valence-corrected chi connectivity index (χ1v) is 4.81. The van der Waals surface area contributed by atoms with Crippen LogP contribution in [0.1, 0.15) is 19.0 Å². The summed E-state index contributed by atoms with van der Waals surface area (Å²) in [5, 5.41) is 0. The van der Waals surface area contributed by atoms with Crippen molar-refractivity contribution in [1.29, 1.82) is 0 Å². The van der Waals surface area contributed by atoms with Crippen LogP contribution in [0.2, 0.25) is 0 Å². The Hall–Kier alpha value is -1.09. The molecule has 0 aliphatic heterocycles. The van der Waals surface area contributed by atoms with Crippen molar-refractivity contribution in [3.05, 3.63) is 23.9 Å². The Morgan fingerprint density at radius 1 is 1.43 bits per heavy atom. The minimum atomic E-state index is 0.143. The van der Waals surface area contributed by atoms with Crippen molar-refractivity contribution in [3.8, 4) is 5.88 Å². The number of aryl methyl sites for hydroxylation is 1. The van der Waals surface area contributed by atoms with E-state index in [0.717, 1.165) is 12.1 Å². The van der Waals surface area contributed by atoms with Gasteiger partial charge in [-0.15, -0.1) is 0 Å². The number of rotatable bonds is 5. The first-order chi connectivity index (χ1) is 6.72. The minimum absolute atomic E-state index is 0.143. The fourth-order valence-electron chi connectivity index (χ4n) is 1.13. The van der Waals surface area contributed by atoms with Crippen LogP contribution in [0.4, 0.5) is 0 Å². The molecule has 0 radical (unpaired) electrons. The van der Waals surface area contributed by atoms with Gasteiger partial charge in [-0.1, -0.05) is 6.07 Å². The molecule has 0 amide bonds. The molecule has 1 aromatic heterocycles. The van der Waals surface area contributed by atoms with E-state index in [1.54, 1.807) is 7.11 Å². The Labute approximate surface area is 85.1 Å². The first kappa shape index (κ1) is 11.0. The summed E-state index contributed by atoms with van der Waals surface area (Å²) in [6, 6.07) is 5.77. The van der Waals surface area contributed by atoms with Crippen molar-refractivity contribution in [1.82, 2.24) is 4.98 Å². The molecule has 0 aromatic carbocycles. The SMILES string of the molecule is COCCC(C)Oc1cccc(C)n1. The van der Waals surface area contributed by atoms with Crippen LogP contribution in [-0.2, 0) is 4.74 Å². The third-order valence-electron chi connectivity index (χ3n) is 1.91. The number of hydrogen-bond acceptors (Lipinski definition) is 3. The molecule has 0 saturated carbocycles. The summed E-state index contributed by atoms with van der Waals surface area (Å²) in [4.78, 5) is 4.26. The maximum absolute atomic E-state index is 5.61. The molecule has 0 spiro atoms. The molecule has 0 bridgehead atoms. The molecular formula is C11H17NO2. The molecular weight excluding hydrogens is 178 g/mol. The van der Waals surface area contributed by atoms with E-state index in [-0.39, 0.29) is 6.10 Å². The molecule has 0 fully saturated rings. The molecule has 3 heteroatoms. The molecule has 0 aliphatic rings. The van der Waals surface area contributed by atoms with Crippen LogP contribution in [-0.4, -0.2) is 24.8 Å². The van der Waals surface area contributed by atoms with Crippen LogP contribution in [0.3, 0.4) is 0 Å². The summed E-state index contributed by atoms with van der Waals surface area (Å²) in [5.74, 6) is 0.689. The van der Waals surface area contributed by atoms with Crippen LogP contribution in [0.15, 0.2) is 18.2 Å². The van der Waals surface area contributed by atoms with Gasteiger partial charge >= 0.3 is 0 Å². The van der Waals surface area contributed by atoms with Crippen molar-refractivity contribution in [2.75, 3.05) is 13.7 Å². The average molecular weight is 195 g/mol. The van der Waals surface area contributed by atoms with Crippen LogP contribution in [0.25, 0.3) is 0 Å². The van der Waals surface area contributed by atoms with Gasteiger partial charge in [-0.3, -0.25) is 0 Å². The summed E-state index contributed by atoms with van der Waals surface area (Å²) < 4.78 is 10.6. The highest BCUT2D eigenvalue weighted by Gasteiger charge is 2.04. The van der Waals surface area contributed by atoms with Gasteiger partial charge in [0, 0.05) is 31.9 Å². The van der Waals surface area contributed by atoms with E-state index in [1.165, 1.54) is 0 Å². The van der Waals surface area contributed by atoms with Crippen LogP contribution in [0.5, 0.6) is 5.88 Å². The standard InChI is InChI=1S/C11H17NO2/c1-9-5-4-6-11(12-9)14-10(2)7-8-13-3/h4-6,10H,7-8H2,1-3H3. The van der Waals surface area contributed by atoms with Gasteiger partial charge in [0.1, 0.15) is 0 Å². The zero-order chi connectivity index (χ0) is 10.4. The third-order valence-corrected chi connectivity index (χ3v) is 1.91. The van der Waals surface area contributed by atoms with Gasteiger partial charge in [-0.05, 0) is 19.9 Å². The second-order valence-corrected chi connectivity index (χ2v) is 3.33. The summed E-state index contributed by atoms with van der Waals surface area (Å²) in [5.41, 5.74) is 0.974. The minimum Gasteiger partial charge on any atom is -0.475 e. The summed E-state index contributed by atoms with van der Waals surface area (Å²) in [6.07, 6.45) is 1.02. The Kier molecular flexibility index (Phi) is 4.40. The van der Waals surface area contributed by atoms with Gasteiger partial charge in [0.2, 0.25) is 5.88 Å². The van der Waals surface area contributed by atoms with Gasteiger partial charge < -0.3 is 9.47 Å². The van der Waals surface area contributed by atoms with Gasteiger partial charge in [0.25, 0.3) is 0 Å². The topological polar surface area (TPSA) is 31.4 Å². The largest absolute Gasteiger partial charge is 0.475 e. The summed E-state index contributed by atoms with van der Waals surface area (Å²) in [7, 11) is 1.69. The fourth-order valence-corrected chi connectivity index (χ4v) is 1.13. The number of nitrogens with zero attached hydrogens (tertiary/aromatic N) is 1. The normalized spacial score (nSPS) is 12.5. The zero-order valence-corrected chi connectivity index (χ0v) is 8.99. The van der Waals surface area contributed by atoms with Gasteiger partial charge in [-0.25, -0.2) is 4.98 Å². The second-order valence-electron chi connectivity index (χ2n) is 3.33. The molecule has 3 nitrogen and oxygen atoms in total. The van der Waals surface area contributed by atoms with Gasteiger partial charge in [0.15, 0.2) is 0 Å². The maximum Gasteiger partial charge on any atom is 0.213 e. The molecule has 78 valence electrons. The monoisotopic (exact) mass is 195 g/mol. The van der Waals surface area contributed by atoms with Crippen molar-refractivity contribution in [2.24, 2.45) is 0 Å². The van der Waals surface area contributed by atoms with Crippen molar-refractivity contribution in [3.63, 3.8) is 0 Å². The smallest absolute Gasteiger partial charge is 0.213 e. The van der Waals surface area contributed by atoms with E-state index in [0.29, 0.717) is 12.5 Å². The highest BCUT2D eigenvalue weighted by molar-refractivity contribution is 5.14. The summed E-state index contributed by atoms with van der Waals surface area (Å²) >= 11 is 0. The Morgan fingerprint density at radius 3 is 2.86 bits per heavy atom. The van der Waals surface area contributed by atoms with E-state index in [9.17, 15) is 0 Å². The lowest BCUT2D eigenvalue weighted by atomic mass is 10.3. The lowest BCUT2D eigenvalue weighted by molar-refractivity contribution is 0.132. The van der Waals surface area contributed by atoms with Gasteiger partial charge in [-0.2, -0.15) is 0 Å². The molecule has 1 aromatic rings. The van der Waals surface area contributed by atoms with E-state index >= 15 is 0 Å². The van der Waals surface area contributed by atoms with E-state index in [2.05, 4.69) is 4.98 Å². The molecule has 14 heavy (non-hydrogen) atoms. The Bertz CT molecular complexity index is 276. The lowest BCUT2D eigenvalue weighted by Crippen LogP contribution is -2.14. The number of pyridine rings is 1. The highest BCUT2D eigenvalue weighted by Crippen LogP contribution is 2.10. The first-order valence-electron chi connectivity index (χ1n) is 4.81. The molecule has 1 atom stereocenters. The lowest BCUT2D eigenvalue weighted by Gasteiger charge is -2.13. The predicted molar refractivity (Wildman–Crippen MR) is 55.6 cm³/mol. The van der Waals surface area contributed by atoms with Gasteiger partial charge in [0.05, 0.1) is 6.10 Å². The van der Waals surface area contributed by atoms with Crippen molar-refractivity contribution < 1.29 is 9.47 Å². The van der Waals surface area contributed by atoms with E-state index in [4.69, 9.17) is 9.47 Å². The summed E-state index contributed by atoms with van der Waals surface area (Å²) in [6.45, 7) is 4.68. The Morgan fingerprint density at radius 2 is 2.21 bits per heavy atom. The van der Waals surface area contributed by atoms with Crippen molar-refractivity contribution in [2.45, 2.75) is 26.4 Å². The highest BCUT2D eigenvalue weighted by atomic mass is 16.5. The Balaban J connectivity index is 2.43. The van der Waals surface area contributed by atoms with Crippen LogP contribution >= 0.6 is 0 Å². The number of methoxy groups -OCH3 is 1. The fraction of sp³-hybridized carbons (Fsp3) is 0.545. The predicted octanol–water partition coefficient (Wildman–Crippen LogP) is 2.19. The molecule has 0 saturated heterocycles. The van der Waals surface area contributed by atoms with Crippen LogP contribution < -0.4 is 4.74 Å². The molecule has 0 aliphatic carbocycles. The molecule has 1 rings (SSSR count). The van der Waals surface area contributed by atoms with E-state index in [1.807, 2.05) is 32.0 Å². The molecule has 1 unspecified atom stereocenters. The van der Waals surface area contributed by atoms with Crippen LogP contribution in [0, 0.1) is 6.92 Å². The quantitative estimate of drug-likeness (QED) is 0.721. The van der Waals surface area contributed by atoms with E-state index < -0.39 is 0 Å². The third kappa shape index (κ3) is 3.75. The average Bonchev–Trinajstić information content (AvgIpc) is 2.15. The zero-order valence-electron chi connectivity index (χ0n) is 8.99. The number of aromatic nitrogens is 1. The number of hydrogen-bond donors (Lipinski definition) is 0. The second kappa shape index (κ2) is 5.60. The maximum atomic E-state index is 5.61. The molecule has 0 N–H and O–H groups in total. The van der Waals surface area contributed by atoms with Crippen molar-refractivity contribution >= 4 is 0 Å². The molecule has 1 heterocycles.